The standard InChI is InChI=1S/C12H23/c1-4-7-9-11-12(6-3)10-8-5-2/h11H,3-10H2,1-2H3. The molecule has 0 aliphatic rings. The van der Waals surface area contributed by atoms with E-state index in [0.29, 0.717) is 0 Å². The van der Waals surface area contributed by atoms with Crippen LogP contribution in [0.1, 0.15) is 58.8 Å². The maximum Gasteiger partial charge on any atom is -0.0320 e. The van der Waals surface area contributed by atoms with E-state index in [0.717, 1.165) is 6.42 Å². The maximum atomic E-state index is 3.95. The van der Waals surface area contributed by atoms with E-state index in [2.05, 4.69) is 26.8 Å². The fourth-order valence-corrected chi connectivity index (χ4v) is 1.24. The maximum absolute atomic E-state index is 3.95. The molecule has 0 aliphatic heterocycles. The Bertz CT molecular complexity index is 111. The minimum Gasteiger partial charge on any atom is -0.0853 e. The largest absolute Gasteiger partial charge is 0.0853 e. The zero-order chi connectivity index (χ0) is 9.23. The first-order chi connectivity index (χ1) is 5.85. The molecule has 0 aromatic heterocycles. The monoisotopic (exact) mass is 167 g/mol. The Balaban J connectivity index is 3.55. The van der Waals surface area contributed by atoms with Gasteiger partial charge in [0.2, 0.25) is 0 Å². The van der Waals surface area contributed by atoms with E-state index < -0.39 is 0 Å². The second-order valence-electron chi connectivity index (χ2n) is 3.36. The summed E-state index contributed by atoms with van der Waals surface area (Å²) in [6.45, 7) is 8.43. The first-order valence-corrected chi connectivity index (χ1v) is 5.32. The molecule has 0 bridgehead atoms. The summed E-state index contributed by atoms with van der Waals surface area (Å²) in [6.07, 6.45) is 11.2. The number of allylic oxidation sites excluding steroid dienone is 2. The molecule has 0 aromatic rings. The van der Waals surface area contributed by atoms with Crippen molar-refractivity contribution in [2.24, 2.45) is 0 Å². The molecule has 0 aromatic carbocycles. The van der Waals surface area contributed by atoms with E-state index in [1.54, 1.807) is 5.57 Å². The summed E-state index contributed by atoms with van der Waals surface area (Å²) < 4.78 is 0. The summed E-state index contributed by atoms with van der Waals surface area (Å²) in [4.78, 5) is 0. The molecule has 0 rings (SSSR count). The SMILES string of the molecule is [CH2]CC(=CCCCC)CCCC. The third kappa shape index (κ3) is 6.45. The van der Waals surface area contributed by atoms with Gasteiger partial charge in [-0.1, -0.05) is 44.8 Å². The van der Waals surface area contributed by atoms with Crippen LogP contribution in [0.25, 0.3) is 0 Å². The highest BCUT2D eigenvalue weighted by atomic mass is 14.0. The van der Waals surface area contributed by atoms with Crippen molar-refractivity contribution in [1.29, 1.82) is 0 Å². The van der Waals surface area contributed by atoms with E-state index in [-0.39, 0.29) is 0 Å². The Morgan fingerprint density at radius 1 is 1.17 bits per heavy atom. The van der Waals surface area contributed by atoms with E-state index in [1.165, 1.54) is 38.5 Å². The van der Waals surface area contributed by atoms with Crippen molar-refractivity contribution in [2.45, 2.75) is 58.8 Å². The van der Waals surface area contributed by atoms with Crippen LogP contribution in [-0.2, 0) is 0 Å². The van der Waals surface area contributed by atoms with Crippen molar-refractivity contribution in [2.75, 3.05) is 0 Å². The van der Waals surface area contributed by atoms with Crippen LogP contribution < -0.4 is 0 Å². The number of hydrogen-bond acceptors (Lipinski definition) is 0. The first kappa shape index (κ1) is 11.7. The summed E-state index contributed by atoms with van der Waals surface area (Å²) >= 11 is 0. The second kappa shape index (κ2) is 8.83. The van der Waals surface area contributed by atoms with Gasteiger partial charge in [-0.25, -0.2) is 0 Å². The fourth-order valence-electron chi connectivity index (χ4n) is 1.24. The normalized spacial score (nSPS) is 12.1. The molecule has 1 radical (unpaired) electrons. The highest BCUT2D eigenvalue weighted by Crippen LogP contribution is 2.12. The molecule has 0 saturated heterocycles. The Hall–Kier alpha value is -0.260. The van der Waals surface area contributed by atoms with Gasteiger partial charge < -0.3 is 0 Å². The molecule has 0 saturated carbocycles. The van der Waals surface area contributed by atoms with Gasteiger partial charge in [0.1, 0.15) is 0 Å². The molecule has 0 aliphatic carbocycles. The number of unbranched alkanes of at least 4 members (excludes halogenated alkanes) is 3. The van der Waals surface area contributed by atoms with Crippen molar-refractivity contribution < 1.29 is 0 Å². The van der Waals surface area contributed by atoms with Crippen LogP contribution in [0.3, 0.4) is 0 Å². The molecule has 0 heterocycles. The second-order valence-corrected chi connectivity index (χ2v) is 3.36. The number of hydrogen-bond donors (Lipinski definition) is 0. The molecular formula is C12H23. The molecule has 0 heteroatoms. The predicted octanol–water partition coefficient (Wildman–Crippen LogP) is 4.52. The molecule has 0 fully saturated rings. The zero-order valence-electron chi connectivity index (χ0n) is 8.73. The van der Waals surface area contributed by atoms with Gasteiger partial charge in [0.15, 0.2) is 0 Å². The third-order valence-electron chi connectivity index (χ3n) is 2.16. The Morgan fingerprint density at radius 3 is 2.33 bits per heavy atom. The zero-order valence-corrected chi connectivity index (χ0v) is 8.73. The van der Waals surface area contributed by atoms with Gasteiger partial charge in [0.25, 0.3) is 0 Å². The smallest absolute Gasteiger partial charge is 0.0320 e. The van der Waals surface area contributed by atoms with Crippen LogP contribution in [-0.4, -0.2) is 0 Å². The van der Waals surface area contributed by atoms with E-state index >= 15 is 0 Å². The minimum absolute atomic E-state index is 1.00. The van der Waals surface area contributed by atoms with Crippen molar-refractivity contribution in [3.05, 3.63) is 18.6 Å². The third-order valence-corrected chi connectivity index (χ3v) is 2.16. The van der Waals surface area contributed by atoms with Crippen LogP contribution in [0, 0.1) is 6.92 Å². The van der Waals surface area contributed by atoms with Gasteiger partial charge in [0, 0.05) is 0 Å². The summed E-state index contributed by atoms with van der Waals surface area (Å²) in [5, 5.41) is 0. The lowest BCUT2D eigenvalue weighted by Gasteiger charge is -2.02. The van der Waals surface area contributed by atoms with Gasteiger partial charge in [-0.05, 0) is 32.6 Å². The van der Waals surface area contributed by atoms with E-state index in [1.807, 2.05) is 0 Å². The molecule has 0 spiro atoms. The average Bonchev–Trinajstić information content (AvgIpc) is 2.11. The quantitative estimate of drug-likeness (QED) is 0.386. The van der Waals surface area contributed by atoms with Crippen LogP contribution in [0.4, 0.5) is 0 Å². The molecule has 0 nitrogen and oxygen atoms in total. The molecule has 0 amide bonds. The fraction of sp³-hybridized carbons (Fsp3) is 0.750. The van der Waals surface area contributed by atoms with Crippen LogP contribution in [0.2, 0.25) is 0 Å². The van der Waals surface area contributed by atoms with Crippen LogP contribution in [0.5, 0.6) is 0 Å². The van der Waals surface area contributed by atoms with Gasteiger partial charge in [-0.2, -0.15) is 0 Å². The van der Waals surface area contributed by atoms with Gasteiger partial charge in [-0.3, -0.25) is 0 Å². The van der Waals surface area contributed by atoms with Crippen molar-refractivity contribution >= 4 is 0 Å². The molecule has 0 atom stereocenters. The molecule has 0 N–H and O–H groups in total. The van der Waals surface area contributed by atoms with Crippen LogP contribution >= 0.6 is 0 Å². The first-order valence-electron chi connectivity index (χ1n) is 5.32. The summed E-state index contributed by atoms with van der Waals surface area (Å²) in [7, 11) is 0. The van der Waals surface area contributed by atoms with Gasteiger partial charge in [0.05, 0.1) is 0 Å². The Kier molecular flexibility index (Phi) is 8.64. The molecule has 12 heavy (non-hydrogen) atoms. The topological polar surface area (TPSA) is 0 Å². The predicted molar refractivity (Wildman–Crippen MR) is 57.1 cm³/mol. The molecule has 71 valence electrons. The molecular weight excluding hydrogens is 144 g/mol. The minimum atomic E-state index is 1.00. The van der Waals surface area contributed by atoms with Crippen molar-refractivity contribution in [3.8, 4) is 0 Å². The summed E-state index contributed by atoms with van der Waals surface area (Å²) in [5.74, 6) is 0. The van der Waals surface area contributed by atoms with E-state index in [9.17, 15) is 0 Å². The van der Waals surface area contributed by atoms with E-state index in [4.69, 9.17) is 0 Å². The molecule has 0 unspecified atom stereocenters. The summed E-state index contributed by atoms with van der Waals surface area (Å²) in [5.41, 5.74) is 1.56. The highest BCUT2D eigenvalue weighted by molar-refractivity contribution is 5.02. The van der Waals surface area contributed by atoms with Crippen molar-refractivity contribution in [3.63, 3.8) is 0 Å². The highest BCUT2D eigenvalue weighted by Gasteiger charge is 1.92. The Morgan fingerprint density at radius 2 is 1.83 bits per heavy atom. The lowest BCUT2D eigenvalue weighted by molar-refractivity contribution is 0.757. The van der Waals surface area contributed by atoms with Crippen LogP contribution in [0.15, 0.2) is 11.6 Å². The Labute approximate surface area is 78.1 Å². The van der Waals surface area contributed by atoms with Gasteiger partial charge in [-0.15, -0.1) is 0 Å². The lowest BCUT2D eigenvalue weighted by atomic mass is 10.0. The average molecular weight is 167 g/mol. The lowest BCUT2D eigenvalue weighted by Crippen LogP contribution is -1.82. The summed E-state index contributed by atoms with van der Waals surface area (Å²) in [6, 6.07) is 0. The number of rotatable bonds is 7. The van der Waals surface area contributed by atoms with Gasteiger partial charge >= 0.3 is 0 Å². The van der Waals surface area contributed by atoms with Crippen molar-refractivity contribution in [1.82, 2.24) is 0 Å².